The molecular weight excluding hydrogens is 463 g/mol. The van der Waals surface area contributed by atoms with Crippen LogP contribution in [-0.4, -0.2) is 15.6 Å². The van der Waals surface area contributed by atoms with Crippen molar-refractivity contribution in [1.82, 2.24) is 9.78 Å². The lowest BCUT2D eigenvalue weighted by Crippen LogP contribution is -2.53. The van der Waals surface area contributed by atoms with Crippen LogP contribution in [0.2, 0.25) is 0 Å². The molecule has 4 nitrogen and oxygen atoms in total. The smallest absolute Gasteiger partial charge is 0.179 e. The summed E-state index contributed by atoms with van der Waals surface area (Å²) >= 11 is 0. The van der Waals surface area contributed by atoms with Gasteiger partial charge in [0.1, 0.15) is 18.0 Å². The molecule has 0 radical (unpaired) electrons. The van der Waals surface area contributed by atoms with Crippen LogP contribution in [0.15, 0.2) is 96.7 Å². The van der Waals surface area contributed by atoms with Crippen LogP contribution in [-0.2, 0) is 15.9 Å². The molecule has 0 amide bonds. The molecule has 5 heteroatoms. The van der Waals surface area contributed by atoms with Crippen molar-refractivity contribution in [3.8, 4) is 5.69 Å². The molecule has 2 heterocycles. The molecule has 1 aromatic heterocycles. The predicted molar refractivity (Wildman–Crippen MR) is 140 cm³/mol. The fourth-order valence-corrected chi connectivity index (χ4v) is 6.51. The number of fused-ring (bicyclic) bond motifs is 3. The summed E-state index contributed by atoms with van der Waals surface area (Å²) in [6.45, 7) is 2.30. The Morgan fingerprint density at radius 3 is 2.11 bits per heavy atom. The predicted octanol–water partition coefficient (Wildman–Crippen LogP) is 7.37. The molecule has 0 N–H and O–H groups in total. The summed E-state index contributed by atoms with van der Waals surface area (Å²) in [4.78, 5) is 0. The van der Waals surface area contributed by atoms with E-state index in [1.54, 1.807) is 12.1 Å². The number of halogens is 1. The van der Waals surface area contributed by atoms with E-state index in [9.17, 15) is 4.39 Å². The summed E-state index contributed by atoms with van der Waals surface area (Å²) in [7, 11) is 0. The quantitative estimate of drug-likeness (QED) is 0.300. The zero-order valence-electron chi connectivity index (χ0n) is 20.8. The number of hydrogen-bond acceptors (Lipinski definition) is 3. The second-order valence-electron chi connectivity index (χ2n) is 10.6. The maximum Gasteiger partial charge on any atom is 0.179 e. The highest BCUT2D eigenvalue weighted by Crippen LogP contribution is 2.62. The molecular formula is C32H29FN2O2. The normalized spacial score (nSPS) is 25.9. The molecule has 7 rings (SSSR count). The first-order valence-electron chi connectivity index (χ1n) is 13.1. The number of nitrogens with zero attached hydrogens (tertiary/aromatic N) is 2. The van der Waals surface area contributed by atoms with Gasteiger partial charge in [0.25, 0.3) is 0 Å². The van der Waals surface area contributed by atoms with E-state index in [2.05, 4.69) is 61.5 Å². The third kappa shape index (κ3) is 3.52. The van der Waals surface area contributed by atoms with E-state index in [1.807, 2.05) is 23.0 Å². The molecule has 1 spiro atoms. The minimum atomic E-state index is -0.742. The van der Waals surface area contributed by atoms with Gasteiger partial charge in [0.2, 0.25) is 0 Å². The molecule has 1 saturated carbocycles. The molecule has 3 aromatic carbocycles. The average Bonchev–Trinajstić information content (AvgIpc) is 3.52. The lowest BCUT2D eigenvalue weighted by Gasteiger charge is -2.51. The summed E-state index contributed by atoms with van der Waals surface area (Å²) in [5.74, 6) is -0.991. The number of aromatic nitrogens is 2. The first-order chi connectivity index (χ1) is 18.1. The van der Waals surface area contributed by atoms with Crippen molar-refractivity contribution in [1.29, 1.82) is 0 Å². The fourth-order valence-electron chi connectivity index (χ4n) is 6.51. The van der Waals surface area contributed by atoms with Crippen molar-refractivity contribution in [3.63, 3.8) is 0 Å². The van der Waals surface area contributed by atoms with Gasteiger partial charge in [-0.2, -0.15) is 5.10 Å². The standard InChI is InChI=1S/C32H29FN2O2/c1-31-20-24-21-34-35(27-16-14-26(33)15-17-27)28(24)19-25(31)13-8-18-32(31)36-29(22-9-4-2-5-10-22)30(37-32)23-11-6-3-7-12-23/h2-7,9-12,14-17,19,21,29-30H,8,13,18,20H2,1H3/t29-,30-,31?/m1/s1. The van der Waals surface area contributed by atoms with Crippen LogP contribution in [0.3, 0.4) is 0 Å². The number of ether oxygens (including phenoxy) is 2. The lowest BCUT2D eigenvalue weighted by atomic mass is 9.62. The van der Waals surface area contributed by atoms with Crippen LogP contribution >= 0.6 is 0 Å². The Morgan fingerprint density at radius 2 is 1.49 bits per heavy atom. The first kappa shape index (κ1) is 22.6. The highest BCUT2D eigenvalue weighted by atomic mass is 19.1. The minimum Gasteiger partial charge on any atom is -0.338 e. The van der Waals surface area contributed by atoms with Crippen LogP contribution in [0.4, 0.5) is 4.39 Å². The molecule has 3 aliphatic rings. The largest absolute Gasteiger partial charge is 0.338 e. The molecule has 37 heavy (non-hydrogen) atoms. The average molecular weight is 493 g/mol. The summed E-state index contributed by atoms with van der Waals surface area (Å²) in [5.41, 5.74) is 6.34. The SMILES string of the molecule is CC12Cc3cnn(-c4ccc(F)cc4)c3C=C1CCCC21O[C@H](c2ccccc2)[C@@H](c2ccccc2)O1. The highest BCUT2D eigenvalue weighted by molar-refractivity contribution is 5.62. The Labute approximate surface area is 216 Å². The molecule has 0 bridgehead atoms. The van der Waals surface area contributed by atoms with Gasteiger partial charge in [0.05, 0.1) is 17.6 Å². The zero-order chi connectivity index (χ0) is 25.0. The minimum absolute atomic E-state index is 0.192. The Kier molecular flexibility index (Phi) is 5.20. The molecule has 4 aromatic rings. The topological polar surface area (TPSA) is 36.3 Å². The molecule has 3 atom stereocenters. The van der Waals surface area contributed by atoms with Crippen LogP contribution in [0, 0.1) is 11.2 Å². The molecule has 1 unspecified atom stereocenters. The van der Waals surface area contributed by atoms with Gasteiger partial charge in [-0.25, -0.2) is 9.07 Å². The second kappa shape index (κ2) is 8.51. The maximum absolute atomic E-state index is 13.5. The number of hydrogen-bond donors (Lipinski definition) is 0. The van der Waals surface area contributed by atoms with Crippen molar-refractivity contribution in [2.45, 2.75) is 50.6 Å². The van der Waals surface area contributed by atoms with Crippen molar-refractivity contribution in [2.24, 2.45) is 5.41 Å². The van der Waals surface area contributed by atoms with Gasteiger partial charge in [-0.05, 0) is 66.3 Å². The Balaban J connectivity index is 1.30. The summed E-state index contributed by atoms with van der Waals surface area (Å²) in [5, 5.41) is 4.69. The third-order valence-corrected chi connectivity index (χ3v) is 8.48. The van der Waals surface area contributed by atoms with E-state index in [4.69, 9.17) is 14.6 Å². The second-order valence-corrected chi connectivity index (χ2v) is 10.6. The first-order valence-corrected chi connectivity index (χ1v) is 13.1. The van der Waals surface area contributed by atoms with Crippen LogP contribution in [0.25, 0.3) is 11.8 Å². The third-order valence-electron chi connectivity index (χ3n) is 8.48. The summed E-state index contributed by atoms with van der Waals surface area (Å²) in [6.07, 6.45) is 7.43. The van der Waals surface area contributed by atoms with E-state index in [-0.39, 0.29) is 23.4 Å². The van der Waals surface area contributed by atoms with Gasteiger partial charge >= 0.3 is 0 Å². The van der Waals surface area contributed by atoms with E-state index < -0.39 is 5.79 Å². The Morgan fingerprint density at radius 1 is 0.865 bits per heavy atom. The van der Waals surface area contributed by atoms with Gasteiger partial charge in [-0.1, -0.05) is 73.2 Å². The van der Waals surface area contributed by atoms with Crippen molar-refractivity contribution < 1.29 is 13.9 Å². The van der Waals surface area contributed by atoms with Crippen molar-refractivity contribution in [2.75, 3.05) is 0 Å². The molecule has 2 fully saturated rings. The number of benzene rings is 3. The monoisotopic (exact) mass is 492 g/mol. The molecule has 1 saturated heterocycles. The van der Waals surface area contributed by atoms with Crippen LogP contribution in [0.5, 0.6) is 0 Å². The lowest BCUT2D eigenvalue weighted by molar-refractivity contribution is -0.249. The van der Waals surface area contributed by atoms with E-state index in [0.717, 1.165) is 53.8 Å². The van der Waals surface area contributed by atoms with Gasteiger partial charge in [0, 0.05) is 11.8 Å². The fraction of sp³-hybridized carbons (Fsp3) is 0.281. The van der Waals surface area contributed by atoms with E-state index in [1.165, 1.54) is 17.7 Å². The molecule has 2 aliphatic carbocycles. The highest BCUT2D eigenvalue weighted by Gasteiger charge is 2.62. The molecule has 1 aliphatic heterocycles. The van der Waals surface area contributed by atoms with Crippen LogP contribution in [0.1, 0.15) is 60.8 Å². The number of rotatable bonds is 3. The summed E-state index contributed by atoms with van der Waals surface area (Å²) < 4.78 is 29.7. The van der Waals surface area contributed by atoms with Crippen molar-refractivity contribution in [3.05, 3.63) is 125 Å². The van der Waals surface area contributed by atoms with E-state index in [0.29, 0.717) is 0 Å². The summed E-state index contributed by atoms with van der Waals surface area (Å²) in [6, 6.07) is 27.4. The molecule has 186 valence electrons. The zero-order valence-corrected chi connectivity index (χ0v) is 20.8. The Bertz CT molecular complexity index is 1410. The van der Waals surface area contributed by atoms with Crippen molar-refractivity contribution >= 4 is 6.08 Å². The van der Waals surface area contributed by atoms with Crippen LogP contribution < -0.4 is 0 Å². The maximum atomic E-state index is 13.5. The van der Waals surface area contributed by atoms with Gasteiger partial charge < -0.3 is 9.47 Å². The van der Waals surface area contributed by atoms with Gasteiger partial charge in [-0.3, -0.25) is 0 Å². The Hall–Kier alpha value is -3.54. The van der Waals surface area contributed by atoms with E-state index >= 15 is 0 Å². The van der Waals surface area contributed by atoms with Gasteiger partial charge in [-0.15, -0.1) is 0 Å². The van der Waals surface area contributed by atoms with Gasteiger partial charge in [0.15, 0.2) is 5.79 Å².